The van der Waals surface area contributed by atoms with Crippen molar-refractivity contribution >= 4 is 11.3 Å². The second-order valence-corrected chi connectivity index (χ2v) is 6.02. The third-order valence-corrected chi connectivity index (χ3v) is 4.59. The van der Waals surface area contributed by atoms with Crippen LogP contribution in [0.25, 0.3) is 0 Å². The molecule has 1 saturated heterocycles. The van der Waals surface area contributed by atoms with E-state index < -0.39 is 0 Å². The first-order valence-electron chi connectivity index (χ1n) is 6.77. The summed E-state index contributed by atoms with van der Waals surface area (Å²) in [6.45, 7) is 6.91. The summed E-state index contributed by atoms with van der Waals surface area (Å²) in [5, 5.41) is 11.5. The Morgan fingerprint density at radius 3 is 2.88 bits per heavy atom. The summed E-state index contributed by atoms with van der Waals surface area (Å²) in [7, 11) is 0. The van der Waals surface area contributed by atoms with Crippen molar-refractivity contribution in [1.82, 2.24) is 10.6 Å². The number of rotatable bonds is 6. The summed E-state index contributed by atoms with van der Waals surface area (Å²) in [5.41, 5.74) is 1.98. The summed E-state index contributed by atoms with van der Waals surface area (Å²) in [4.78, 5) is 0. The van der Waals surface area contributed by atoms with Crippen LogP contribution in [-0.4, -0.2) is 19.6 Å². The van der Waals surface area contributed by atoms with Crippen LogP contribution in [0.5, 0.6) is 0 Å². The van der Waals surface area contributed by atoms with Crippen molar-refractivity contribution < 1.29 is 0 Å². The molecule has 1 aliphatic heterocycles. The van der Waals surface area contributed by atoms with Gasteiger partial charge in [0.2, 0.25) is 0 Å². The lowest BCUT2D eigenvalue weighted by atomic mass is 9.75. The van der Waals surface area contributed by atoms with E-state index in [0.29, 0.717) is 5.41 Å². The van der Waals surface area contributed by atoms with Crippen LogP contribution in [0.3, 0.4) is 0 Å². The van der Waals surface area contributed by atoms with Crippen LogP contribution in [0.1, 0.15) is 38.2 Å². The van der Waals surface area contributed by atoms with E-state index in [2.05, 4.69) is 34.4 Å². The van der Waals surface area contributed by atoms with Gasteiger partial charge in [-0.05, 0) is 60.2 Å². The van der Waals surface area contributed by atoms with E-state index in [1.165, 1.54) is 50.9 Å². The second kappa shape index (κ2) is 6.53. The van der Waals surface area contributed by atoms with Gasteiger partial charge in [0, 0.05) is 13.1 Å². The largest absolute Gasteiger partial charge is 0.317 e. The first-order valence-corrected chi connectivity index (χ1v) is 7.71. The lowest BCUT2D eigenvalue weighted by Gasteiger charge is -2.38. The molecule has 2 rings (SSSR count). The van der Waals surface area contributed by atoms with Crippen LogP contribution in [0, 0.1) is 5.41 Å². The predicted molar refractivity (Wildman–Crippen MR) is 75.5 cm³/mol. The van der Waals surface area contributed by atoms with Gasteiger partial charge in [0.15, 0.2) is 0 Å². The highest BCUT2D eigenvalue weighted by Crippen LogP contribution is 2.33. The predicted octanol–water partition coefficient (Wildman–Crippen LogP) is 3.01. The minimum atomic E-state index is 0.552. The number of hydrogen-bond donors (Lipinski definition) is 2. The molecule has 2 heterocycles. The molecule has 1 aliphatic rings. The molecule has 0 spiro atoms. The van der Waals surface area contributed by atoms with Gasteiger partial charge in [0.1, 0.15) is 0 Å². The van der Waals surface area contributed by atoms with Gasteiger partial charge >= 0.3 is 0 Å². The van der Waals surface area contributed by atoms with Gasteiger partial charge in [-0.2, -0.15) is 11.3 Å². The molecule has 0 unspecified atom stereocenters. The molecule has 1 fully saturated rings. The van der Waals surface area contributed by atoms with Crippen LogP contribution in [0.4, 0.5) is 0 Å². The van der Waals surface area contributed by atoms with Gasteiger partial charge in [-0.3, -0.25) is 0 Å². The third kappa shape index (κ3) is 3.80. The van der Waals surface area contributed by atoms with E-state index in [9.17, 15) is 0 Å². The van der Waals surface area contributed by atoms with E-state index in [1.54, 1.807) is 11.3 Å². The Labute approximate surface area is 109 Å². The highest BCUT2D eigenvalue weighted by Gasteiger charge is 2.30. The van der Waals surface area contributed by atoms with Gasteiger partial charge in [-0.15, -0.1) is 0 Å². The number of hydrogen-bond acceptors (Lipinski definition) is 3. The maximum Gasteiger partial charge on any atom is 0.0213 e. The van der Waals surface area contributed by atoms with E-state index >= 15 is 0 Å². The van der Waals surface area contributed by atoms with E-state index in [-0.39, 0.29) is 0 Å². The Morgan fingerprint density at radius 2 is 2.24 bits per heavy atom. The Kier molecular flexibility index (Phi) is 5.01. The topological polar surface area (TPSA) is 24.1 Å². The normalized spacial score (nSPS) is 19.4. The Bertz CT molecular complexity index is 297. The molecular weight excluding hydrogens is 228 g/mol. The molecule has 1 aromatic rings. The lowest BCUT2D eigenvalue weighted by Crippen LogP contribution is -2.43. The second-order valence-electron chi connectivity index (χ2n) is 5.24. The first-order chi connectivity index (χ1) is 8.35. The van der Waals surface area contributed by atoms with Crippen molar-refractivity contribution in [2.45, 2.75) is 39.2 Å². The highest BCUT2D eigenvalue weighted by atomic mass is 32.1. The van der Waals surface area contributed by atoms with Crippen LogP contribution >= 0.6 is 11.3 Å². The Balaban J connectivity index is 1.80. The zero-order chi connectivity index (χ0) is 12.0. The molecule has 1 aromatic heterocycles. The summed E-state index contributed by atoms with van der Waals surface area (Å²) in [6, 6.07) is 2.21. The summed E-state index contributed by atoms with van der Waals surface area (Å²) >= 11 is 1.78. The third-order valence-electron chi connectivity index (χ3n) is 3.85. The van der Waals surface area contributed by atoms with Crippen LogP contribution in [0.15, 0.2) is 16.8 Å². The van der Waals surface area contributed by atoms with Crippen molar-refractivity contribution in [3.63, 3.8) is 0 Å². The molecule has 3 heteroatoms. The van der Waals surface area contributed by atoms with Crippen molar-refractivity contribution in [2.75, 3.05) is 19.6 Å². The fraction of sp³-hybridized carbons (Fsp3) is 0.714. The Morgan fingerprint density at radius 1 is 1.41 bits per heavy atom. The van der Waals surface area contributed by atoms with Gasteiger partial charge in [0.25, 0.3) is 0 Å². The van der Waals surface area contributed by atoms with Gasteiger partial charge in [-0.25, -0.2) is 0 Å². The molecule has 96 valence electrons. The molecule has 2 nitrogen and oxygen atoms in total. The van der Waals surface area contributed by atoms with Crippen LogP contribution in [0.2, 0.25) is 0 Å². The molecule has 2 N–H and O–H groups in total. The molecule has 0 aliphatic carbocycles. The molecule has 17 heavy (non-hydrogen) atoms. The van der Waals surface area contributed by atoms with Crippen molar-refractivity contribution in [2.24, 2.45) is 5.41 Å². The number of thiophene rings is 1. The zero-order valence-corrected chi connectivity index (χ0v) is 11.6. The monoisotopic (exact) mass is 252 g/mol. The molecule has 0 bridgehead atoms. The molecular formula is C14H24N2S. The van der Waals surface area contributed by atoms with Crippen molar-refractivity contribution in [3.05, 3.63) is 22.4 Å². The summed E-state index contributed by atoms with van der Waals surface area (Å²) in [6.07, 6.45) is 5.33. The van der Waals surface area contributed by atoms with Crippen LogP contribution in [-0.2, 0) is 6.54 Å². The van der Waals surface area contributed by atoms with Gasteiger partial charge in [0.05, 0.1) is 0 Å². The SMILES string of the molecule is CCCC1(CNCc2ccsc2)CCNCC1. The molecule has 0 radical (unpaired) electrons. The van der Waals surface area contributed by atoms with E-state index in [4.69, 9.17) is 0 Å². The maximum atomic E-state index is 3.66. The minimum absolute atomic E-state index is 0.552. The average Bonchev–Trinajstić information content (AvgIpc) is 2.84. The number of piperidine rings is 1. The highest BCUT2D eigenvalue weighted by molar-refractivity contribution is 7.07. The van der Waals surface area contributed by atoms with Crippen molar-refractivity contribution in [3.8, 4) is 0 Å². The Hall–Kier alpha value is -0.380. The fourth-order valence-corrected chi connectivity index (χ4v) is 3.54. The molecule has 0 atom stereocenters. The summed E-state index contributed by atoms with van der Waals surface area (Å²) in [5.74, 6) is 0. The minimum Gasteiger partial charge on any atom is -0.317 e. The standard InChI is InChI=1S/C14H24N2S/c1-2-4-14(5-7-15-8-6-14)12-16-10-13-3-9-17-11-13/h3,9,11,15-16H,2,4-8,10,12H2,1H3. The van der Waals surface area contributed by atoms with Crippen LogP contribution < -0.4 is 10.6 Å². The number of nitrogens with one attached hydrogen (secondary N) is 2. The fourth-order valence-electron chi connectivity index (χ4n) is 2.87. The van der Waals surface area contributed by atoms with Gasteiger partial charge in [-0.1, -0.05) is 13.3 Å². The average molecular weight is 252 g/mol. The lowest BCUT2D eigenvalue weighted by molar-refractivity contribution is 0.176. The van der Waals surface area contributed by atoms with Crippen molar-refractivity contribution in [1.29, 1.82) is 0 Å². The molecule has 0 amide bonds. The first kappa shape index (κ1) is 13.1. The smallest absolute Gasteiger partial charge is 0.0213 e. The molecule has 0 aromatic carbocycles. The van der Waals surface area contributed by atoms with E-state index in [1.807, 2.05) is 0 Å². The summed E-state index contributed by atoms with van der Waals surface area (Å²) < 4.78 is 0. The molecule has 0 saturated carbocycles. The van der Waals surface area contributed by atoms with Gasteiger partial charge < -0.3 is 10.6 Å². The van der Waals surface area contributed by atoms with E-state index in [0.717, 1.165) is 6.54 Å². The quantitative estimate of drug-likeness (QED) is 0.813. The maximum absolute atomic E-state index is 3.66. The zero-order valence-electron chi connectivity index (χ0n) is 10.8.